The molecule has 0 unspecified atom stereocenters. The van der Waals surface area contributed by atoms with Crippen LogP contribution in [0.3, 0.4) is 0 Å². The monoisotopic (exact) mass is 612 g/mol. The Bertz CT molecular complexity index is 1200. The number of benzene rings is 3. The van der Waals surface area contributed by atoms with E-state index in [0.717, 1.165) is 46.8 Å². The molecule has 2 amide bonds. The Morgan fingerprint density at radius 1 is 0.947 bits per heavy atom. The smallest absolute Gasteiger partial charge is 0.243 e. The predicted octanol–water partition coefficient (Wildman–Crippen LogP) is 7.42. The molecule has 4 nitrogen and oxygen atoms in total. The molecule has 0 aromatic heterocycles. The van der Waals surface area contributed by atoms with E-state index in [-0.39, 0.29) is 23.6 Å². The maximum absolute atomic E-state index is 13.8. The van der Waals surface area contributed by atoms with Gasteiger partial charge in [0.1, 0.15) is 6.04 Å². The summed E-state index contributed by atoms with van der Waals surface area (Å²) in [6, 6.07) is 25.2. The molecule has 0 bridgehead atoms. The maximum atomic E-state index is 13.8. The van der Waals surface area contributed by atoms with Crippen molar-refractivity contribution in [3.63, 3.8) is 0 Å². The van der Waals surface area contributed by atoms with E-state index in [9.17, 15) is 9.59 Å². The molecule has 1 N–H and O–H groups in total. The molecule has 1 aliphatic rings. The van der Waals surface area contributed by atoms with Crippen molar-refractivity contribution in [1.82, 2.24) is 10.2 Å². The second kappa shape index (κ2) is 14.8. The Morgan fingerprint density at radius 2 is 1.66 bits per heavy atom. The van der Waals surface area contributed by atoms with E-state index in [1.54, 1.807) is 4.90 Å². The number of rotatable bonds is 11. The van der Waals surface area contributed by atoms with E-state index in [4.69, 9.17) is 11.6 Å². The highest BCUT2D eigenvalue weighted by atomic mass is 79.9. The van der Waals surface area contributed by atoms with Crippen molar-refractivity contribution in [3.8, 4) is 0 Å². The normalized spacial score (nSPS) is 14.6. The lowest BCUT2D eigenvalue weighted by molar-refractivity contribution is -0.139. The van der Waals surface area contributed by atoms with Crippen LogP contribution < -0.4 is 5.32 Å². The Kier molecular flexibility index (Phi) is 11.2. The van der Waals surface area contributed by atoms with Crippen molar-refractivity contribution in [2.75, 3.05) is 5.75 Å². The summed E-state index contributed by atoms with van der Waals surface area (Å²) in [5, 5.41) is 4.00. The third-order valence-corrected chi connectivity index (χ3v) is 8.73. The van der Waals surface area contributed by atoms with Gasteiger partial charge in [0.15, 0.2) is 0 Å². The second-order valence-electron chi connectivity index (χ2n) is 9.78. The van der Waals surface area contributed by atoms with Crippen molar-refractivity contribution >= 4 is 51.1 Å². The maximum Gasteiger partial charge on any atom is 0.243 e. The fourth-order valence-corrected chi connectivity index (χ4v) is 6.52. The summed E-state index contributed by atoms with van der Waals surface area (Å²) < 4.78 is 0.946. The number of halogens is 2. The van der Waals surface area contributed by atoms with Crippen LogP contribution in [-0.4, -0.2) is 34.6 Å². The number of nitrogens with zero attached hydrogens (tertiary/aromatic N) is 1. The summed E-state index contributed by atoms with van der Waals surface area (Å²) in [5.41, 5.74) is 3.01. The van der Waals surface area contributed by atoms with E-state index in [1.165, 1.54) is 18.2 Å². The molecule has 0 saturated heterocycles. The molecule has 0 radical (unpaired) electrons. The van der Waals surface area contributed by atoms with Crippen LogP contribution in [-0.2, 0) is 28.3 Å². The molecule has 3 aromatic rings. The van der Waals surface area contributed by atoms with Gasteiger partial charge in [-0.25, -0.2) is 0 Å². The zero-order valence-electron chi connectivity index (χ0n) is 21.5. The molecule has 1 saturated carbocycles. The van der Waals surface area contributed by atoms with Crippen molar-refractivity contribution < 1.29 is 9.59 Å². The van der Waals surface area contributed by atoms with Gasteiger partial charge in [0.2, 0.25) is 11.8 Å². The molecule has 4 rings (SSSR count). The van der Waals surface area contributed by atoms with E-state index in [1.807, 2.05) is 78.9 Å². The van der Waals surface area contributed by atoms with E-state index < -0.39 is 6.04 Å². The third-order valence-electron chi connectivity index (χ3n) is 6.91. The van der Waals surface area contributed by atoms with Gasteiger partial charge >= 0.3 is 0 Å². The first kappa shape index (κ1) is 28.7. The highest BCUT2D eigenvalue weighted by Gasteiger charge is 2.31. The summed E-state index contributed by atoms with van der Waals surface area (Å²) in [6.45, 7) is 0.362. The number of nitrogens with one attached hydrogen (secondary N) is 1. The molecule has 1 atom stereocenters. The van der Waals surface area contributed by atoms with E-state index in [2.05, 4.69) is 21.2 Å². The summed E-state index contributed by atoms with van der Waals surface area (Å²) in [6.07, 6.45) is 5.94. The molecule has 0 spiro atoms. The lowest BCUT2D eigenvalue weighted by atomic mass is 9.94. The first-order chi connectivity index (χ1) is 18.5. The quantitative estimate of drug-likeness (QED) is 0.245. The molecule has 3 aromatic carbocycles. The zero-order valence-corrected chi connectivity index (χ0v) is 24.6. The minimum atomic E-state index is -0.605. The van der Waals surface area contributed by atoms with Gasteiger partial charge < -0.3 is 10.2 Å². The van der Waals surface area contributed by atoms with Gasteiger partial charge in [-0.3, -0.25) is 9.59 Å². The lowest BCUT2D eigenvalue weighted by Gasteiger charge is -2.33. The Labute approximate surface area is 243 Å². The molecule has 200 valence electrons. The topological polar surface area (TPSA) is 49.4 Å². The SMILES string of the molecule is O=C(NC1CCCCC1)[C@@H](Cc1ccccc1)N(Cc1cccc(Br)c1)C(=O)CSCc1ccccc1Cl. The fraction of sp³-hybridized carbons (Fsp3) is 0.355. The molecular formula is C31H34BrClN2O2S. The van der Waals surface area contributed by atoms with Gasteiger partial charge in [0, 0.05) is 34.3 Å². The standard InChI is InChI=1S/C31H34BrClN2O2S/c32-26-14-9-12-24(18-26)20-35(30(36)22-38-21-25-13-7-8-17-28(25)33)29(19-23-10-3-1-4-11-23)31(37)34-27-15-5-2-6-16-27/h1,3-4,7-14,17-18,27,29H,2,5-6,15-16,19-22H2,(H,34,37)/t29-/m1/s1. The predicted molar refractivity (Wildman–Crippen MR) is 161 cm³/mol. The van der Waals surface area contributed by atoms with Gasteiger partial charge in [-0.05, 0) is 47.7 Å². The average molecular weight is 614 g/mol. The summed E-state index contributed by atoms with van der Waals surface area (Å²) in [4.78, 5) is 29.4. The third kappa shape index (κ3) is 8.62. The van der Waals surface area contributed by atoms with Gasteiger partial charge in [-0.2, -0.15) is 0 Å². The van der Waals surface area contributed by atoms with Crippen LogP contribution in [0.25, 0.3) is 0 Å². The van der Waals surface area contributed by atoms with Crippen LogP contribution >= 0.6 is 39.3 Å². The molecule has 38 heavy (non-hydrogen) atoms. The number of hydrogen-bond donors (Lipinski definition) is 1. The van der Waals surface area contributed by atoms with Gasteiger partial charge in [0.25, 0.3) is 0 Å². The minimum Gasteiger partial charge on any atom is -0.352 e. The summed E-state index contributed by atoms with van der Waals surface area (Å²) in [5.74, 6) is 0.775. The molecule has 0 heterocycles. The zero-order chi connectivity index (χ0) is 26.7. The highest BCUT2D eigenvalue weighted by Crippen LogP contribution is 2.24. The first-order valence-electron chi connectivity index (χ1n) is 13.2. The Hall–Kier alpha value is -2.28. The summed E-state index contributed by atoms with van der Waals surface area (Å²) in [7, 11) is 0. The number of thioether (sulfide) groups is 1. The largest absolute Gasteiger partial charge is 0.352 e. The van der Waals surface area contributed by atoms with E-state index in [0.29, 0.717) is 23.7 Å². The minimum absolute atomic E-state index is 0.0539. The lowest BCUT2D eigenvalue weighted by Crippen LogP contribution is -2.53. The number of carbonyl (C=O) groups excluding carboxylic acids is 2. The van der Waals surface area contributed by atoms with Crippen LogP contribution in [0.2, 0.25) is 5.02 Å². The van der Waals surface area contributed by atoms with Gasteiger partial charge in [-0.1, -0.05) is 107 Å². The van der Waals surface area contributed by atoms with E-state index >= 15 is 0 Å². The molecule has 0 aliphatic heterocycles. The molecular weight excluding hydrogens is 580 g/mol. The van der Waals surface area contributed by atoms with Crippen molar-refractivity contribution in [3.05, 3.63) is 105 Å². The molecule has 1 aliphatic carbocycles. The fourth-order valence-electron chi connectivity index (χ4n) is 4.88. The highest BCUT2D eigenvalue weighted by molar-refractivity contribution is 9.10. The number of amides is 2. The number of hydrogen-bond acceptors (Lipinski definition) is 3. The van der Waals surface area contributed by atoms with Crippen molar-refractivity contribution in [2.24, 2.45) is 0 Å². The van der Waals surface area contributed by atoms with Crippen LogP contribution in [0.4, 0.5) is 0 Å². The van der Waals surface area contributed by atoms with Gasteiger partial charge in [0.05, 0.1) is 5.75 Å². The molecule has 1 fully saturated rings. The molecule has 7 heteroatoms. The second-order valence-corrected chi connectivity index (χ2v) is 12.1. The number of carbonyl (C=O) groups is 2. The van der Waals surface area contributed by atoms with Crippen LogP contribution in [0.5, 0.6) is 0 Å². The van der Waals surface area contributed by atoms with Crippen LogP contribution in [0, 0.1) is 0 Å². The van der Waals surface area contributed by atoms with Crippen LogP contribution in [0.15, 0.2) is 83.3 Å². The first-order valence-corrected chi connectivity index (χ1v) is 15.5. The Balaban J connectivity index is 1.57. The Morgan fingerprint density at radius 3 is 2.39 bits per heavy atom. The van der Waals surface area contributed by atoms with Crippen molar-refractivity contribution in [2.45, 2.75) is 62.9 Å². The average Bonchev–Trinajstić information content (AvgIpc) is 2.93. The van der Waals surface area contributed by atoms with Crippen molar-refractivity contribution in [1.29, 1.82) is 0 Å². The summed E-state index contributed by atoms with van der Waals surface area (Å²) >= 11 is 11.4. The van der Waals surface area contributed by atoms with Crippen LogP contribution in [0.1, 0.15) is 48.8 Å². The van der Waals surface area contributed by atoms with Gasteiger partial charge in [-0.15, -0.1) is 11.8 Å².